The molecule has 1 heterocycles. The molecule has 0 N–H and O–H groups in total. The van der Waals surface area contributed by atoms with Crippen molar-refractivity contribution in [1.82, 2.24) is 4.90 Å². The van der Waals surface area contributed by atoms with E-state index in [-0.39, 0.29) is 0 Å². The van der Waals surface area contributed by atoms with Gasteiger partial charge in [0, 0.05) is 25.4 Å². The zero-order valence-corrected chi connectivity index (χ0v) is 12.9. The standard InChI is InChI=1S/C13H21NO3S2/c1-12-2-4-13(5-3-12)19(15,16)18-11-8-14-6-9-17-10-7-14/h2,4H,3,5-11H2,1H3. The molecule has 108 valence electrons. The summed E-state index contributed by atoms with van der Waals surface area (Å²) in [6.07, 6.45) is 5.18. The molecule has 1 saturated heterocycles. The summed E-state index contributed by atoms with van der Waals surface area (Å²) >= 11 is 0. The van der Waals surface area contributed by atoms with Crippen LogP contribution in [0.3, 0.4) is 0 Å². The molecule has 1 fully saturated rings. The van der Waals surface area contributed by atoms with Crippen molar-refractivity contribution in [3.63, 3.8) is 0 Å². The van der Waals surface area contributed by atoms with E-state index >= 15 is 0 Å². The average Bonchev–Trinajstić information content (AvgIpc) is 2.40. The highest BCUT2D eigenvalue weighted by molar-refractivity contribution is 8.73. The fourth-order valence-electron chi connectivity index (χ4n) is 2.11. The first-order chi connectivity index (χ1) is 9.08. The molecule has 0 atom stereocenters. The van der Waals surface area contributed by atoms with Gasteiger partial charge in [0.05, 0.1) is 18.1 Å². The van der Waals surface area contributed by atoms with Crippen LogP contribution in [0.5, 0.6) is 0 Å². The van der Waals surface area contributed by atoms with Crippen LogP contribution in [-0.4, -0.2) is 51.9 Å². The number of allylic oxidation sites excluding steroid dienone is 4. The Bertz CT molecular complexity index is 462. The molecule has 0 radical (unpaired) electrons. The first kappa shape index (κ1) is 15.1. The van der Waals surface area contributed by atoms with Gasteiger partial charge in [0.25, 0.3) is 0 Å². The highest BCUT2D eigenvalue weighted by Gasteiger charge is 2.20. The molecule has 0 aromatic rings. The van der Waals surface area contributed by atoms with Gasteiger partial charge in [0.1, 0.15) is 0 Å². The SMILES string of the molecule is CC1=CC=C(S(=O)(=O)SCCN2CCOCC2)CC1. The van der Waals surface area contributed by atoms with Gasteiger partial charge >= 0.3 is 0 Å². The monoisotopic (exact) mass is 303 g/mol. The predicted molar refractivity (Wildman–Crippen MR) is 79.7 cm³/mol. The Morgan fingerprint density at radius 3 is 2.63 bits per heavy atom. The molecular weight excluding hydrogens is 282 g/mol. The van der Waals surface area contributed by atoms with Gasteiger partial charge in [-0.1, -0.05) is 11.6 Å². The van der Waals surface area contributed by atoms with Crippen LogP contribution in [0.25, 0.3) is 0 Å². The Balaban J connectivity index is 1.81. The first-order valence-corrected chi connectivity index (χ1v) is 9.62. The fourth-order valence-corrected chi connectivity index (χ4v) is 5.15. The molecule has 6 heteroatoms. The highest BCUT2D eigenvalue weighted by Crippen LogP contribution is 2.29. The second-order valence-electron chi connectivity index (χ2n) is 4.88. The Labute approximate surface area is 119 Å². The molecule has 0 aromatic carbocycles. The van der Waals surface area contributed by atoms with E-state index in [2.05, 4.69) is 4.90 Å². The summed E-state index contributed by atoms with van der Waals surface area (Å²) in [5.41, 5.74) is 1.25. The number of nitrogens with zero attached hydrogens (tertiary/aromatic N) is 1. The van der Waals surface area contributed by atoms with Crippen molar-refractivity contribution < 1.29 is 13.2 Å². The summed E-state index contributed by atoms with van der Waals surface area (Å²) < 4.78 is 29.6. The van der Waals surface area contributed by atoms with Crippen molar-refractivity contribution in [1.29, 1.82) is 0 Å². The lowest BCUT2D eigenvalue weighted by atomic mass is 10.1. The van der Waals surface area contributed by atoms with Crippen LogP contribution in [0.1, 0.15) is 19.8 Å². The topological polar surface area (TPSA) is 46.6 Å². The van der Waals surface area contributed by atoms with E-state index in [0.717, 1.165) is 50.1 Å². The third-order valence-electron chi connectivity index (χ3n) is 3.39. The van der Waals surface area contributed by atoms with E-state index < -0.39 is 8.87 Å². The maximum Gasteiger partial charge on any atom is 0.226 e. The average molecular weight is 303 g/mol. The van der Waals surface area contributed by atoms with E-state index in [4.69, 9.17) is 4.74 Å². The number of hydrogen-bond donors (Lipinski definition) is 0. The van der Waals surface area contributed by atoms with Crippen LogP contribution >= 0.6 is 10.8 Å². The third kappa shape index (κ3) is 4.63. The lowest BCUT2D eigenvalue weighted by Crippen LogP contribution is -2.37. The van der Waals surface area contributed by atoms with Crippen molar-refractivity contribution in [3.8, 4) is 0 Å². The van der Waals surface area contributed by atoms with Crippen molar-refractivity contribution in [2.45, 2.75) is 19.8 Å². The van der Waals surface area contributed by atoms with Gasteiger partial charge in [-0.2, -0.15) is 0 Å². The molecule has 1 aliphatic heterocycles. The van der Waals surface area contributed by atoms with Crippen LogP contribution in [0.15, 0.2) is 22.6 Å². The van der Waals surface area contributed by atoms with Crippen molar-refractivity contribution in [2.75, 3.05) is 38.6 Å². The Hall–Kier alpha value is -0.300. The summed E-state index contributed by atoms with van der Waals surface area (Å²) in [5.74, 6) is 0.627. The molecule has 2 aliphatic rings. The second-order valence-corrected chi connectivity index (χ2v) is 8.98. The van der Waals surface area contributed by atoms with Crippen LogP contribution in [0.4, 0.5) is 0 Å². The third-order valence-corrected chi connectivity index (χ3v) is 7.11. The van der Waals surface area contributed by atoms with Crippen molar-refractivity contribution in [3.05, 3.63) is 22.6 Å². The van der Waals surface area contributed by atoms with Crippen LogP contribution in [-0.2, 0) is 13.6 Å². The van der Waals surface area contributed by atoms with E-state index in [1.807, 2.05) is 13.0 Å². The first-order valence-electron chi connectivity index (χ1n) is 6.64. The zero-order valence-electron chi connectivity index (χ0n) is 11.3. The molecule has 0 spiro atoms. The minimum atomic E-state index is -3.13. The number of hydrogen-bond acceptors (Lipinski definition) is 5. The summed E-state index contributed by atoms with van der Waals surface area (Å²) in [7, 11) is -2.06. The Morgan fingerprint density at radius 2 is 2.00 bits per heavy atom. The molecule has 0 unspecified atom stereocenters. The number of rotatable bonds is 5. The summed E-state index contributed by atoms with van der Waals surface area (Å²) in [4.78, 5) is 2.83. The van der Waals surface area contributed by atoms with Gasteiger partial charge in [-0.15, -0.1) is 0 Å². The van der Waals surface area contributed by atoms with Crippen LogP contribution < -0.4 is 0 Å². The number of morpholine rings is 1. The van der Waals surface area contributed by atoms with Gasteiger partial charge in [0.15, 0.2) is 0 Å². The van der Waals surface area contributed by atoms with E-state index in [9.17, 15) is 8.42 Å². The van der Waals surface area contributed by atoms with Crippen molar-refractivity contribution >= 4 is 19.7 Å². The largest absolute Gasteiger partial charge is 0.379 e. The van der Waals surface area contributed by atoms with E-state index in [0.29, 0.717) is 17.1 Å². The highest BCUT2D eigenvalue weighted by atomic mass is 33.1. The van der Waals surface area contributed by atoms with E-state index in [1.165, 1.54) is 5.57 Å². The van der Waals surface area contributed by atoms with E-state index in [1.54, 1.807) is 6.08 Å². The molecule has 2 rings (SSSR count). The van der Waals surface area contributed by atoms with Crippen LogP contribution in [0.2, 0.25) is 0 Å². The van der Waals surface area contributed by atoms with Gasteiger partial charge < -0.3 is 4.74 Å². The van der Waals surface area contributed by atoms with Gasteiger partial charge in [-0.25, -0.2) is 8.42 Å². The summed E-state index contributed by atoms with van der Waals surface area (Å²) in [5, 5.41) is 0. The smallest absolute Gasteiger partial charge is 0.226 e. The maximum atomic E-state index is 12.2. The molecule has 19 heavy (non-hydrogen) atoms. The molecule has 0 aromatic heterocycles. The summed E-state index contributed by atoms with van der Waals surface area (Å²) in [6, 6.07) is 0. The lowest BCUT2D eigenvalue weighted by molar-refractivity contribution is 0.0410. The molecule has 0 amide bonds. The predicted octanol–water partition coefficient (Wildman–Crippen LogP) is 2.01. The Morgan fingerprint density at radius 1 is 1.26 bits per heavy atom. The molecule has 0 bridgehead atoms. The minimum absolute atomic E-state index is 0.574. The lowest BCUT2D eigenvalue weighted by Gasteiger charge is -2.26. The van der Waals surface area contributed by atoms with Gasteiger partial charge in [-0.05, 0) is 36.6 Å². The van der Waals surface area contributed by atoms with Crippen LogP contribution in [0, 0.1) is 0 Å². The maximum absolute atomic E-state index is 12.2. The Kier molecular flexibility index (Phi) is 5.50. The van der Waals surface area contributed by atoms with Gasteiger partial charge in [-0.3, -0.25) is 4.90 Å². The number of ether oxygens (including phenoxy) is 1. The summed E-state index contributed by atoms with van der Waals surface area (Å²) in [6.45, 7) is 6.18. The normalized spacial score (nSPS) is 21.9. The minimum Gasteiger partial charge on any atom is -0.379 e. The fraction of sp³-hybridized carbons (Fsp3) is 0.692. The van der Waals surface area contributed by atoms with Crippen molar-refractivity contribution in [2.24, 2.45) is 0 Å². The molecular formula is C13H21NO3S2. The zero-order chi connectivity index (χ0) is 13.7. The molecule has 4 nitrogen and oxygen atoms in total. The molecule has 0 saturated carbocycles. The second kappa shape index (κ2) is 6.92. The van der Waals surface area contributed by atoms with Gasteiger partial charge in [0.2, 0.25) is 8.87 Å². The molecule has 1 aliphatic carbocycles. The quantitative estimate of drug-likeness (QED) is 0.727.